The van der Waals surface area contributed by atoms with Crippen LogP contribution in [0.1, 0.15) is 12.5 Å². The smallest absolute Gasteiger partial charge is 0.230 e. The van der Waals surface area contributed by atoms with Gasteiger partial charge in [-0.1, -0.05) is 6.92 Å². The standard InChI is InChI=1S/C13H20N2O2/c1-9-7-11(5-6-12(9)17-4)15(3)13(16)10(2)8-14/h5-7,10H,8,14H2,1-4H3. The van der Waals surface area contributed by atoms with E-state index in [0.717, 1.165) is 17.0 Å². The summed E-state index contributed by atoms with van der Waals surface area (Å²) in [5, 5.41) is 0. The van der Waals surface area contributed by atoms with Gasteiger partial charge in [-0.3, -0.25) is 4.79 Å². The third kappa shape index (κ3) is 2.97. The lowest BCUT2D eigenvalue weighted by Crippen LogP contribution is -2.35. The van der Waals surface area contributed by atoms with Crippen molar-refractivity contribution in [1.29, 1.82) is 0 Å². The highest BCUT2D eigenvalue weighted by Gasteiger charge is 2.17. The number of ether oxygens (including phenoxy) is 1. The highest BCUT2D eigenvalue weighted by Crippen LogP contribution is 2.24. The molecule has 0 heterocycles. The molecule has 2 N–H and O–H groups in total. The van der Waals surface area contributed by atoms with Crippen LogP contribution in [-0.4, -0.2) is 26.6 Å². The molecule has 1 amide bonds. The fourth-order valence-corrected chi connectivity index (χ4v) is 1.63. The van der Waals surface area contributed by atoms with Gasteiger partial charge in [-0.05, 0) is 30.7 Å². The van der Waals surface area contributed by atoms with Crippen molar-refractivity contribution in [2.45, 2.75) is 13.8 Å². The molecule has 1 atom stereocenters. The van der Waals surface area contributed by atoms with Gasteiger partial charge in [0.25, 0.3) is 0 Å². The second kappa shape index (κ2) is 5.68. The summed E-state index contributed by atoms with van der Waals surface area (Å²) in [5.74, 6) is 0.681. The van der Waals surface area contributed by atoms with Gasteiger partial charge in [0.1, 0.15) is 5.75 Å². The van der Waals surface area contributed by atoms with Crippen molar-refractivity contribution in [2.75, 3.05) is 25.6 Å². The fraction of sp³-hybridized carbons (Fsp3) is 0.462. The first kappa shape index (κ1) is 13.5. The molecule has 1 unspecified atom stereocenters. The van der Waals surface area contributed by atoms with Crippen LogP contribution in [-0.2, 0) is 4.79 Å². The van der Waals surface area contributed by atoms with Crippen LogP contribution in [0.15, 0.2) is 18.2 Å². The van der Waals surface area contributed by atoms with E-state index in [0.29, 0.717) is 6.54 Å². The van der Waals surface area contributed by atoms with Gasteiger partial charge in [-0.15, -0.1) is 0 Å². The maximum absolute atomic E-state index is 12.0. The molecule has 1 rings (SSSR count). The molecular weight excluding hydrogens is 216 g/mol. The van der Waals surface area contributed by atoms with Crippen LogP contribution in [0.25, 0.3) is 0 Å². The molecule has 0 aliphatic heterocycles. The Kier molecular flexibility index (Phi) is 4.52. The summed E-state index contributed by atoms with van der Waals surface area (Å²) < 4.78 is 5.19. The van der Waals surface area contributed by atoms with Crippen molar-refractivity contribution >= 4 is 11.6 Å². The van der Waals surface area contributed by atoms with Crippen molar-refractivity contribution in [3.8, 4) is 5.75 Å². The number of carbonyl (C=O) groups excluding carboxylic acids is 1. The molecule has 0 saturated carbocycles. The summed E-state index contributed by atoms with van der Waals surface area (Å²) in [4.78, 5) is 13.6. The second-order valence-electron chi connectivity index (χ2n) is 4.19. The van der Waals surface area contributed by atoms with E-state index >= 15 is 0 Å². The third-order valence-corrected chi connectivity index (χ3v) is 2.87. The van der Waals surface area contributed by atoms with Crippen LogP contribution >= 0.6 is 0 Å². The first-order valence-electron chi connectivity index (χ1n) is 5.63. The van der Waals surface area contributed by atoms with E-state index in [2.05, 4.69) is 0 Å². The average Bonchev–Trinajstić information content (AvgIpc) is 2.35. The summed E-state index contributed by atoms with van der Waals surface area (Å²) >= 11 is 0. The van der Waals surface area contributed by atoms with Gasteiger partial charge in [-0.2, -0.15) is 0 Å². The van der Waals surface area contributed by atoms with E-state index in [1.807, 2.05) is 32.0 Å². The summed E-state index contributed by atoms with van der Waals surface area (Å²) in [6.07, 6.45) is 0. The lowest BCUT2D eigenvalue weighted by atomic mass is 10.1. The molecule has 0 spiro atoms. The number of carbonyl (C=O) groups is 1. The molecule has 1 aromatic rings. The number of hydrogen-bond donors (Lipinski definition) is 1. The number of amides is 1. The van der Waals surface area contributed by atoms with E-state index in [1.165, 1.54) is 0 Å². The van der Waals surface area contributed by atoms with E-state index in [4.69, 9.17) is 10.5 Å². The maximum Gasteiger partial charge on any atom is 0.230 e. The van der Waals surface area contributed by atoms with E-state index in [9.17, 15) is 4.79 Å². The molecule has 0 radical (unpaired) electrons. The van der Waals surface area contributed by atoms with Crippen LogP contribution in [0.5, 0.6) is 5.75 Å². The van der Waals surface area contributed by atoms with Crippen molar-refractivity contribution in [3.63, 3.8) is 0 Å². The van der Waals surface area contributed by atoms with Gasteiger partial charge in [-0.25, -0.2) is 0 Å². The Morgan fingerprint density at radius 1 is 1.53 bits per heavy atom. The van der Waals surface area contributed by atoms with E-state index in [-0.39, 0.29) is 11.8 Å². The first-order chi connectivity index (χ1) is 8.01. The Morgan fingerprint density at radius 2 is 2.18 bits per heavy atom. The third-order valence-electron chi connectivity index (χ3n) is 2.87. The van der Waals surface area contributed by atoms with Crippen LogP contribution in [0.3, 0.4) is 0 Å². The van der Waals surface area contributed by atoms with Gasteiger partial charge in [0.2, 0.25) is 5.91 Å². The Balaban J connectivity index is 2.93. The Labute approximate surface area is 102 Å². The Hall–Kier alpha value is -1.55. The number of nitrogens with zero attached hydrogens (tertiary/aromatic N) is 1. The number of nitrogens with two attached hydrogens (primary N) is 1. The minimum atomic E-state index is -0.164. The van der Waals surface area contributed by atoms with Crippen molar-refractivity contribution in [2.24, 2.45) is 11.7 Å². The van der Waals surface area contributed by atoms with Crippen LogP contribution in [0.2, 0.25) is 0 Å². The number of rotatable bonds is 4. The zero-order valence-corrected chi connectivity index (χ0v) is 10.9. The molecule has 0 fully saturated rings. The average molecular weight is 236 g/mol. The minimum absolute atomic E-state index is 0.0251. The Morgan fingerprint density at radius 3 is 2.65 bits per heavy atom. The fourth-order valence-electron chi connectivity index (χ4n) is 1.63. The normalized spacial score (nSPS) is 12.1. The van der Waals surface area contributed by atoms with E-state index < -0.39 is 0 Å². The predicted octanol–water partition coefficient (Wildman–Crippen LogP) is 1.56. The van der Waals surface area contributed by atoms with Crippen molar-refractivity contribution < 1.29 is 9.53 Å². The van der Waals surface area contributed by atoms with Gasteiger partial charge in [0, 0.05) is 25.2 Å². The van der Waals surface area contributed by atoms with Crippen LogP contribution in [0, 0.1) is 12.8 Å². The molecule has 4 nitrogen and oxygen atoms in total. The number of benzene rings is 1. The van der Waals surface area contributed by atoms with Gasteiger partial charge < -0.3 is 15.4 Å². The summed E-state index contributed by atoms with van der Waals surface area (Å²) in [7, 11) is 3.39. The summed E-state index contributed by atoms with van der Waals surface area (Å²) in [6.45, 7) is 4.14. The Bertz CT molecular complexity index is 404. The molecule has 1 aromatic carbocycles. The monoisotopic (exact) mass is 236 g/mol. The van der Waals surface area contributed by atoms with E-state index in [1.54, 1.807) is 19.1 Å². The summed E-state index contributed by atoms with van der Waals surface area (Å²) in [6, 6.07) is 5.66. The minimum Gasteiger partial charge on any atom is -0.496 e. The second-order valence-corrected chi connectivity index (χ2v) is 4.19. The number of anilines is 1. The van der Waals surface area contributed by atoms with Crippen LogP contribution < -0.4 is 15.4 Å². The zero-order chi connectivity index (χ0) is 13.0. The van der Waals surface area contributed by atoms with Crippen LogP contribution in [0.4, 0.5) is 5.69 Å². The van der Waals surface area contributed by atoms with Gasteiger partial charge in [0.15, 0.2) is 0 Å². The molecule has 0 aliphatic rings. The summed E-state index contributed by atoms with van der Waals surface area (Å²) in [5.41, 5.74) is 7.36. The topological polar surface area (TPSA) is 55.6 Å². The van der Waals surface area contributed by atoms with Gasteiger partial charge >= 0.3 is 0 Å². The first-order valence-corrected chi connectivity index (χ1v) is 5.63. The molecule has 0 aliphatic carbocycles. The number of hydrogen-bond acceptors (Lipinski definition) is 3. The zero-order valence-electron chi connectivity index (χ0n) is 10.9. The van der Waals surface area contributed by atoms with Crippen molar-refractivity contribution in [1.82, 2.24) is 0 Å². The predicted molar refractivity (Wildman–Crippen MR) is 69.4 cm³/mol. The lowest BCUT2D eigenvalue weighted by molar-refractivity contribution is -0.121. The highest BCUT2D eigenvalue weighted by atomic mass is 16.5. The molecule has 0 aromatic heterocycles. The molecular formula is C13H20N2O2. The largest absolute Gasteiger partial charge is 0.496 e. The maximum atomic E-state index is 12.0. The molecule has 4 heteroatoms. The SMILES string of the molecule is COc1ccc(N(C)C(=O)C(C)CN)cc1C. The number of aryl methyl sites for hydroxylation is 1. The molecule has 17 heavy (non-hydrogen) atoms. The highest BCUT2D eigenvalue weighted by molar-refractivity contribution is 5.94. The van der Waals surface area contributed by atoms with Crippen molar-refractivity contribution in [3.05, 3.63) is 23.8 Å². The molecule has 0 saturated heterocycles. The lowest BCUT2D eigenvalue weighted by Gasteiger charge is -2.21. The quantitative estimate of drug-likeness (QED) is 0.863. The van der Waals surface area contributed by atoms with Gasteiger partial charge in [0.05, 0.1) is 7.11 Å². The number of methoxy groups -OCH3 is 1. The molecule has 0 bridgehead atoms. The molecule has 94 valence electrons.